The van der Waals surface area contributed by atoms with Crippen molar-refractivity contribution in [3.05, 3.63) is 10.9 Å². The highest BCUT2D eigenvalue weighted by molar-refractivity contribution is 7.91. The van der Waals surface area contributed by atoms with Crippen molar-refractivity contribution in [2.45, 2.75) is 23.6 Å². The van der Waals surface area contributed by atoms with E-state index in [1.807, 2.05) is 0 Å². The summed E-state index contributed by atoms with van der Waals surface area (Å²) >= 11 is 0.801. The maximum atomic E-state index is 12.1. The van der Waals surface area contributed by atoms with Crippen LogP contribution in [0.1, 0.15) is 23.0 Å². The number of carbonyl (C=O) groups excluding carboxylic acids is 1. The van der Waals surface area contributed by atoms with E-state index in [2.05, 4.69) is 9.46 Å². The van der Waals surface area contributed by atoms with Gasteiger partial charge in [0.1, 0.15) is 4.88 Å². The van der Waals surface area contributed by atoms with Crippen molar-refractivity contribution in [3.63, 3.8) is 0 Å². The minimum atomic E-state index is -3.74. The lowest BCUT2D eigenvalue weighted by molar-refractivity contribution is 0.0606. The summed E-state index contributed by atoms with van der Waals surface area (Å²) in [6.45, 7) is 2.00. The Bertz CT molecular complexity index is 571. The quantitative estimate of drug-likeness (QED) is 0.703. The SMILES string of the molecule is COC(=O)c1cc(OC)c(S(=O)(=O)NCCC(C)N)s1.Cl. The molecule has 0 aliphatic rings. The molecule has 0 fully saturated rings. The first-order valence-corrected chi connectivity index (χ1v) is 8.13. The minimum Gasteiger partial charge on any atom is -0.494 e. The molecule has 122 valence electrons. The molecule has 0 spiro atoms. The van der Waals surface area contributed by atoms with Gasteiger partial charge in [0, 0.05) is 18.7 Å². The third-order valence-electron chi connectivity index (χ3n) is 2.41. The van der Waals surface area contributed by atoms with Gasteiger partial charge in [-0.25, -0.2) is 17.9 Å². The van der Waals surface area contributed by atoms with Gasteiger partial charge >= 0.3 is 5.97 Å². The van der Waals surface area contributed by atoms with E-state index in [1.165, 1.54) is 20.3 Å². The van der Waals surface area contributed by atoms with Crippen LogP contribution in [0.5, 0.6) is 5.75 Å². The Kier molecular flexibility index (Phi) is 8.19. The molecule has 0 aliphatic heterocycles. The zero-order valence-electron chi connectivity index (χ0n) is 11.9. The van der Waals surface area contributed by atoms with Gasteiger partial charge < -0.3 is 15.2 Å². The molecule has 1 heterocycles. The van der Waals surface area contributed by atoms with Crippen molar-refractivity contribution < 1.29 is 22.7 Å². The van der Waals surface area contributed by atoms with Crippen LogP contribution >= 0.6 is 23.7 Å². The van der Waals surface area contributed by atoms with Gasteiger partial charge in [0.25, 0.3) is 10.0 Å². The standard InChI is InChI=1S/C11H18N2O5S2.ClH/c1-7(12)4-5-13-20(15,16)11-8(17-2)6-9(19-11)10(14)18-3;/h6-7,13H,4-5,12H2,1-3H3;1H. The van der Waals surface area contributed by atoms with Crippen molar-refractivity contribution in [3.8, 4) is 5.75 Å². The molecule has 7 nitrogen and oxygen atoms in total. The lowest BCUT2D eigenvalue weighted by Gasteiger charge is -2.08. The van der Waals surface area contributed by atoms with Crippen LogP contribution in [-0.4, -0.2) is 41.2 Å². The molecule has 0 bridgehead atoms. The van der Waals surface area contributed by atoms with Crippen LogP contribution < -0.4 is 15.2 Å². The fraction of sp³-hybridized carbons (Fsp3) is 0.545. The number of rotatable bonds is 7. The van der Waals surface area contributed by atoms with Gasteiger partial charge in [0.15, 0.2) is 9.96 Å². The van der Waals surface area contributed by atoms with Gasteiger partial charge in [-0.15, -0.1) is 23.7 Å². The van der Waals surface area contributed by atoms with E-state index in [-0.39, 0.29) is 39.8 Å². The number of hydrogen-bond donors (Lipinski definition) is 2. The molecule has 1 aromatic rings. The third kappa shape index (κ3) is 5.44. The molecule has 1 rings (SSSR count). The summed E-state index contributed by atoms with van der Waals surface area (Å²) in [7, 11) is -1.18. The molecule has 0 aliphatic carbocycles. The van der Waals surface area contributed by atoms with Gasteiger partial charge in [-0.3, -0.25) is 0 Å². The van der Waals surface area contributed by atoms with Crippen LogP contribution in [0.15, 0.2) is 10.3 Å². The Labute approximate surface area is 134 Å². The highest BCUT2D eigenvalue weighted by atomic mass is 35.5. The molecule has 3 N–H and O–H groups in total. The van der Waals surface area contributed by atoms with E-state index in [9.17, 15) is 13.2 Å². The molecular formula is C11H19ClN2O5S2. The first-order chi connectivity index (χ1) is 9.31. The number of nitrogens with one attached hydrogen (secondary N) is 1. The number of methoxy groups -OCH3 is 2. The zero-order valence-corrected chi connectivity index (χ0v) is 14.4. The number of ether oxygens (including phenoxy) is 2. The van der Waals surface area contributed by atoms with Gasteiger partial charge in [-0.1, -0.05) is 0 Å². The minimum absolute atomic E-state index is 0. The smallest absolute Gasteiger partial charge is 0.348 e. The lowest BCUT2D eigenvalue weighted by atomic mass is 10.3. The first kappa shape index (κ1) is 20.1. The van der Waals surface area contributed by atoms with Crippen molar-refractivity contribution in [1.82, 2.24) is 4.72 Å². The zero-order chi connectivity index (χ0) is 15.3. The molecule has 0 amide bonds. The second kappa shape index (κ2) is 8.54. The largest absolute Gasteiger partial charge is 0.494 e. The van der Waals surface area contributed by atoms with Crippen molar-refractivity contribution in [1.29, 1.82) is 0 Å². The number of halogens is 1. The van der Waals surface area contributed by atoms with Crippen LogP contribution in [0.2, 0.25) is 0 Å². The Morgan fingerprint density at radius 3 is 2.57 bits per heavy atom. The monoisotopic (exact) mass is 358 g/mol. The third-order valence-corrected chi connectivity index (χ3v) is 5.48. The van der Waals surface area contributed by atoms with Crippen LogP contribution in [0.4, 0.5) is 0 Å². The molecule has 0 aromatic carbocycles. The van der Waals surface area contributed by atoms with E-state index < -0.39 is 16.0 Å². The van der Waals surface area contributed by atoms with E-state index in [4.69, 9.17) is 10.5 Å². The van der Waals surface area contributed by atoms with Gasteiger partial charge in [-0.05, 0) is 13.3 Å². The average Bonchev–Trinajstić information content (AvgIpc) is 2.82. The normalized spacial score (nSPS) is 12.4. The molecule has 21 heavy (non-hydrogen) atoms. The van der Waals surface area contributed by atoms with E-state index >= 15 is 0 Å². The molecule has 1 atom stereocenters. The predicted octanol–water partition coefficient (Wildman–Crippen LogP) is 0.981. The molecule has 1 aromatic heterocycles. The van der Waals surface area contributed by atoms with Crippen LogP contribution in [-0.2, 0) is 14.8 Å². The maximum Gasteiger partial charge on any atom is 0.348 e. The Balaban J connectivity index is 0.00000400. The van der Waals surface area contributed by atoms with Gasteiger partial charge in [-0.2, -0.15) is 0 Å². The number of sulfonamides is 1. The van der Waals surface area contributed by atoms with Gasteiger partial charge in [0.2, 0.25) is 0 Å². The lowest BCUT2D eigenvalue weighted by Crippen LogP contribution is -2.28. The Morgan fingerprint density at radius 1 is 1.48 bits per heavy atom. The van der Waals surface area contributed by atoms with Crippen LogP contribution in [0.3, 0.4) is 0 Å². The number of nitrogens with two attached hydrogens (primary N) is 1. The predicted molar refractivity (Wildman–Crippen MR) is 82.9 cm³/mol. The number of carbonyl (C=O) groups is 1. The highest BCUT2D eigenvalue weighted by Crippen LogP contribution is 2.33. The summed E-state index contributed by atoms with van der Waals surface area (Å²) in [5, 5.41) is 0. The summed E-state index contributed by atoms with van der Waals surface area (Å²) in [5.41, 5.74) is 5.56. The molecule has 0 radical (unpaired) electrons. The van der Waals surface area contributed by atoms with Crippen LogP contribution in [0, 0.1) is 0 Å². The van der Waals surface area contributed by atoms with Crippen LogP contribution in [0.25, 0.3) is 0 Å². The molecular weight excluding hydrogens is 340 g/mol. The fourth-order valence-corrected chi connectivity index (χ4v) is 3.96. The topological polar surface area (TPSA) is 108 Å². The number of esters is 1. The fourth-order valence-electron chi connectivity index (χ4n) is 1.37. The summed E-state index contributed by atoms with van der Waals surface area (Å²) in [4.78, 5) is 11.6. The van der Waals surface area contributed by atoms with Crippen molar-refractivity contribution in [2.75, 3.05) is 20.8 Å². The Morgan fingerprint density at radius 2 is 2.10 bits per heavy atom. The average molecular weight is 359 g/mol. The van der Waals surface area contributed by atoms with E-state index in [0.717, 1.165) is 11.3 Å². The highest BCUT2D eigenvalue weighted by Gasteiger charge is 2.25. The van der Waals surface area contributed by atoms with Gasteiger partial charge in [0.05, 0.1) is 14.2 Å². The maximum absolute atomic E-state index is 12.1. The summed E-state index contributed by atoms with van der Waals surface area (Å²) < 4.78 is 36.2. The molecule has 0 saturated carbocycles. The number of thiophene rings is 1. The summed E-state index contributed by atoms with van der Waals surface area (Å²) in [6, 6.07) is 1.24. The van der Waals surface area contributed by atoms with E-state index in [1.54, 1.807) is 6.92 Å². The second-order valence-electron chi connectivity index (χ2n) is 4.12. The Hall–Kier alpha value is -0.870. The van der Waals surface area contributed by atoms with Crippen molar-refractivity contribution >= 4 is 39.7 Å². The second-order valence-corrected chi connectivity index (χ2v) is 7.14. The molecule has 1 unspecified atom stereocenters. The molecule has 0 saturated heterocycles. The number of hydrogen-bond acceptors (Lipinski definition) is 7. The molecule has 10 heteroatoms. The summed E-state index contributed by atoms with van der Waals surface area (Å²) in [5.74, 6) is -0.492. The summed E-state index contributed by atoms with van der Waals surface area (Å²) in [6.07, 6.45) is 0.511. The first-order valence-electron chi connectivity index (χ1n) is 5.83. The van der Waals surface area contributed by atoms with Crippen molar-refractivity contribution in [2.24, 2.45) is 5.73 Å². The van der Waals surface area contributed by atoms with E-state index in [0.29, 0.717) is 6.42 Å².